The summed E-state index contributed by atoms with van der Waals surface area (Å²) in [4.78, 5) is 25.6. The third kappa shape index (κ3) is 3.56. The minimum atomic E-state index is -0.898. The first-order chi connectivity index (χ1) is 9.56. The number of carbonyl (C=O) groups excluding carboxylic acids is 2. The van der Waals surface area contributed by atoms with Gasteiger partial charge in [-0.05, 0) is 27.2 Å². The number of ether oxygens (including phenoxy) is 2. The second-order valence-corrected chi connectivity index (χ2v) is 6.57. The molecule has 0 radical (unpaired) electrons. The molecule has 1 N–H and O–H groups in total. The standard InChI is InChI=1S/C15H25NO5/c1-7-8-15(5)10(17)9-16(11(15)12(18)20-6)13(19)21-14(2,3)4/h7,10-11,17H,1,8-9H2,2-6H3/t10-,11-,15-/m1/s1. The summed E-state index contributed by atoms with van der Waals surface area (Å²) in [5.41, 5.74) is -1.52. The molecule has 0 unspecified atom stereocenters. The number of β-amino-alcohol motifs (C(OH)–C–C–N with tert-alkyl or cyclic N) is 1. The first kappa shape index (κ1) is 17.5. The first-order valence-corrected chi connectivity index (χ1v) is 6.93. The minimum Gasteiger partial charge on any atom is -0.467 e. The first-order valence-electron chi connectivity index (χ1n) is 6.93. The van der Waals surface area contributed by atoms with Gasteiger partial charge in [-0.15, -0.1) is 6.58 Å². The van der Waals surface area contributed by atoms with Crippen LogP contribution in [-0.4, -0.2) is 53.5 Å². The second-order valence-electron chi connectivity index (χ2n) is 6.57. The Balaban J connectivity index is 3.11. The highest BCUT2D eigenvalue weighted by Gasteiger charge is 2.56. The molecule has 0 spiro atoms. The summed E-state index contributed by atoms with van der Waals surface area (Å²) in [6.07, 6.45) is 0.516. The Kier molecular flexibility index (Phi) is 5.04. The third-order valence-corrected chi connectivity index (χ3v) is 3.70. The molecule has 0 aliphatic carbocycles. The lowest BCUT2D eigenvalue weighted by atomic mass is 9.77. The lowest BCUT2D eigenvalue weighted by Crippen LogP contribution is -2.49. The molecule has 1 amide bonds. The Morgan fingerprint density at radius 1 is 1.48 bits per heavy atom. The normalized spacial score (nSPS) is 29.1. The number of esters is 1. The number of nitrogens with zero attached hydrogens (tertiary/aromatic N) is 1. The van der Waals surface area contributed by atoms with Crippen LogP contribution in [0.3, 0.4) is 0 Å². The molecule has 1 heterocycles. The largest absolute Gasteiger partial charge is 0.467 e. The molecule has 21 heavy (non-hydrogen) atoms. The maximum absolute atomic E-state index is 12.3. The van der Waals surface area contributed by atoms with E-state index in [1.165, 1.54) is 12.0 Å². The maximum atomic E-state index is 12.3. The van der Waals surface area contributed by atoms with Crippen molar-refractivity contribution in [2.45, 2.75) is 51.9 Å². The van der Waals surface area contributed by atoms with E-state index >= 15 is 0 Å². The number of rotatable bonds is 3. The summed E-state index contributed by atoms with van der Waals surface area (Å²) in [6, 6.07) is -0.898. The number of methoxy groups -OCH3 is 1. The fourth-order valence-electron chi connectivity index (χ4n) is 2.61. The summed E-state index contributed by atoms with van der Waals surface area (Å²) in [6.45, 7) is 10.7. The molecule has 0 bridgehead atoms. The van der Waals surface area contributed by atoms with Crippen molar-refractivity contribution in [3.63, 3.8) is 0 Å². The fourth-order valence-corrected chi connectivity index (χ4v) is 2.61. The Morgan fingerprint density at radius 3 is 2.48 bits per heavy atom. The van der Waals surface area contributed by atoms with E-state index in [1.54, 1.807) is 33.8 Å². The van der Waals surface area contributed by atoms with Gasteiger partial charge in [-0.25, -0.2) is 9.59 Å². The van der Waals surface area contributed by atoms with Gasteiger partial charge in [-0.2, -0.15) is 0 Å². The van der Waals surface area contributed by atoms with Gasteiger partial charge in [0, 0.05) is 5.41 Å². The van der Waals surface area contributed by atoms with Crippen molar-refractivity contribution < 1.29 is 24.2 Å². The van der Waals surface area contributed by atoms with E-state index in [9.17, 15) is 14.7 Å². The Labute approximate surface area is 125 Å². The van der Waals surface area contributed by atoms with E-state index in [4.69, 9.17) is 9.47 Å². The van der Waals surface area contributed by atoms with Gasteiger partial charge in [0.05, 0.1) is 19.8 Å². The van der Waals surface area contributed by atoms with Crippen molar-refractivity contribution in [2.75, 3.05) is 13.7 Å². The minimum absolute atomic E-state index is 0.0268. The summed E-state index contributed by atoms with van der Waals surface area (Å²) in [5.74, 6) is -0.568. The molecule has 1 rings (SSSR count). The van der Waals surface area contributed by atoms with E-state index in [1.807, 2.05) is 0 Å². The van der Waals surface area contributed by atoms with Crippen LogP contribution in [0.15, 0.2) is 12.7 Å². The van der Waals surface area contributed by atoms with Crippen molar-refractivity contribution >= 4 is 12.1 Å². The van der Waals surface area contributed by atoms with E-state index in [0.717, 1.165) is 0 Å². The quantitative estimate of drug-likeness (QED) is 0.634. The summed E-state index contributed by atoms with van der Waals surface area (Å²) < 4.78 is 10.1. The molecule has 1 fully saturated rings. The number of amides is 1. The van der Waals surface area contributed by atoms with E-state index < -0.39 is 35.2 Å². The number of aliphatic hydroxyl groups excluding tert-OH is 1. The molecular weight excluding hydrogens is 274 g/mol. The predicted molar refractivity (Wildman–Crippen MR) is 77.7 cm³/mol. The molecule has 6 nitrogen and oxygen atoms in total. The fraction of sp³-hybridized carbons (Fsp3) is 0.733. The monoisotopic (exact) mass is 299 g/mol. The van der Waals surface area contributed by atoms with Crippen LogP contribution in [0, 0.1) is 5.41 Å². The molecule has 0 aromatic heterocycles. The van der Waals surface area contributed by atoms with Gasteiger partial charge < -0.3 is 14.6 Å². The van der Waals surface area contributed by atoms with Gasteiger partial charge in [0.25, 0.3) is 0 Å². The molecule has 1 aliphatic heterocycles. The van der Waals surface area contributed by atoms with E-state index in [-0.39, 0.29) is 6.54 Å². The molecule has 1 saturated heterocycles. The Morgan fingerprint density at radius 2 is 2.05 bits per heavy atom. The van der Waals surface area contributed by atoms with Crippen LogP contribution >= 0.6 is 0 Å². The van der Waals surface area contributed by atoms with Crippen LogP contribution in [0.1, 0.15) is 34.1 Å². The highest BCUT2D eigenvalue weighted by Crippen LogP contribution is 2.41. The molecule has 0 aromatic rings. The van der Waals surface area contributed by atoms with Crippen LogP contribution in [-0.2, 0) is 14.3 Å². The van der Waals surface area contributed by atoms with Crippen molar-refractivity contribution in [1.29, 1.82) is 0 Å². The number of likely N-dealkylation sites (tertiary alicyclic amines) is 1. The van der Waals surface area contributed by atoms with Gasteiger partial charge in [0.15, 0.2) is 0 Å². The Bertz CT molecular complexity index is 428. The molecule has 3 atom stereocenters. The number of aliphatic hydroxyl groups is 1. The van der Waals surface area contributed by atoms with Gasteiger partial charge in [0.2, 0.25) is 0 Å². The lowest BCUT2D eigenvalue weighted by molar-refractivity contribution is -0.149. The molecule has 1 aliphatic rings. The van der Waals surface area contributed by atoms with Crippen molar-refractivity contribution in [3.05, 3.63) is 12.7 Å². The lowest BCUT2D eigenvalue weighted by Gasteiger charge is -2.34. The second kappa shape index (κ2) is 6.05. The third-order valence-electron chi connectivity index (χ3n) is 3.70. The van der Waals surface area contributed by atoms with E-state index in [0.29, 0.717) is 6.42 Å². The highest BCUT2D eigenvalue weighted by atomic mass is 16.6. The van der Waals surface area contributed by atoms with Crippen molar-refractivity contribution in [3.8, 4) is 0 Å². The zero-order chi connectivity index (χ0) is 16.4. The van der Waals surface area contributed by atoms with Crippen LogP contribution in [0.2, 0.25) is 0 Å². The molecule has 0 aromatic carbocycles. The van der Waals surface area contributed by atoms with Crippen molar-refractivity contribution in [2.24, 2.45) is 5.41 Å². The highest BCUT2D eigenvalue weighted by molar-refractivity contribution is 5.83. The Hall–Kier alpha value is -1.56. The average Bonchev–Trinajstić information content (AvgIpc) is 2.60. The van der Waals surface area contributed by atoms with Crippen molar-refractivity contribution in [1.82, 2.24) is 4.90 Å². The number of hydrogen-bond acceptors (Lipinski definition) is 5. The number of allylic oxidation sites excluding steroid dienone is 1. The van der Waals surface area contributed by atoms with Gasteiger partial charge >= 0.3 is 12.1 Å². The smallest absolute Gasteiger partial charge is 0.411 e. The summed E-state index contributed by atoms with van der Waals surface area (Å²) in [7, 11) is 1.26. The van der Waals surface area contributed by atoms with Crippen LogP contribution in [0.25, 0.3) is 0 Å². The molecular formula is C15H25NO5. The SMILES string of the molecule is C=CC[C@]1(C)[C@H](O)CN(C(=O)OC(C)(C)C)[C@@H]1C(=O)OC. The van der Waals surface area contributed by atoms with Crippen LogP contribution in [0.4, 0.5) is 4.79 Å². The van der Waals surface area contributed by atoms with E-state index in [2.05, 4.69) is 6.58 Å². The average molecular weight is 299 g/mol. The zero-order valence-electron chi connectivity index (χ0n) is 13.4. The summed E-state index contributed by atoms with van der Waals surface area (Å²) >= 11 is 0. The zero-order valence-corrected chi connectivity index (χ0v) is 13.4. The predicted octanol–water partition coefficient (Wildman–Crippen LogP) is 1.72. The number of carbonyl (C=O) groups is 2. The van der Waals surface area contributed by atoms with Crippen LogP contribution in [0.5, 0.6) is 0 Å². The molecule has 0 saturated carbocycles. The maximum Gasteiger partial charge on any atom is 0.411 e. The molecule has 120 valence electrons. The topological polar surface area (TPSA) is 76.1 Å². The molecule has 6 heteroatoms. The van der Waals surface area contributed by atoms with Crippen LogP contribution < -0.4 is 0 Å². The summed E-state index contributed by atoms with van der Waals surface area (Å²) in [5, 5.41) is 10.3. The van der Waals surface area contributed by atoms with Gasteiger partial charge in [-0.3, -0.25) is 4.90 Å². The van der Waals surface area contributed by atoms with Gasteiger partial charge in [0.1, 0.15) is 11.6 Å². The number of hydrogen-bond donors (Lipinski definition) is 1. The van der Waals surface area contributed by atoms with Gasteiger partial charge in [-0.1, -0.05) is 13.0 Å².